The van der Waals surface area contributed by atoms with Crippen LogP contribution in [0.4, 0.5) is 14.9 Å². The van der Waals surface area contributed by atoms with Crippen LogP contribution in [0.3, 0.4) is 0 Å². The van der Waals surface area contributed by atoms with Gasteiger partial charge in [0.25, 0.3) is 0 Å². The van der Waals surface area contributed by atoms with Crippen LogP contribution < -0.4 is 10.6 Å². The van der Waals surface area contributed by atoms with Gasteiger partial charge in [-0.15, -0.1) is 0 Å². The summed E-state index contributed by atoms with van der Waals surface area (Å²) in [5.74, 6) is 0.0140. The lowest BCUT2D eigenvalue weighted by molar-refractivity contribution is 0.251. The molecule has 2 amide bonds. The monoisotopic (exact) mass is 391 g/mol. The topological polar surface area (TPSA) is 78.5 Å². The van der Waals surface area contributed by atoms with Gasteiger partial charge in [-0.2, -0.15) is 0 Å². The number of hydrogen-bond donors (Lipinski definition) is 2. The summed E-state index contributed by atoms with van der Waals surface area (Å²) in [4.78, 5) is 12.2. The number of carbonyl (C=O) groups excluding carboxylic acids is 1. The van der Waals surface area contributed by atoms with E-state index in [0.717, 1.165) is 22.7 Å². The maximum Gasteiger partial charge on any atom is 0.319 e. The zero-order valence-electron chi connectivity index (χ0n) is 15.2. The molecular weight excluding hydrogens is 369 g/mol. The third-order valence-corrected chi connectivity index (χ3v) is 6.26. The first kappa shape index (κ1) is 19.3. The quantitative estimate of drug-likeness (QED) is 0.793. The van der Waals surface area contributed by atoms with Crippen LogP contribution in [0.2, 0.25) is 0 Å². The molecule has 0 aromatic heterocycles. The molecule has 0 saturated heterocycles. The average Bonchev–Trinajstić information content (AvgIpc) is 3.45. The Labute approximate surface area is 158 Å². The minimum absolute atomic E-state index is 0.187. The van der Waals surface area contributed by atoms with E-state index in [1.165, 1.54) is 32.3 Å². The molecule has 3 rings (SSSR count). The third-order valence-electron chi connectivity index (χ3n) is 4.43. The summed E-state index contributed by atoms with van der Waals surface area (Å²) in [5.41, 5.74) is 1.84. The van der Waals surface area contributed by atoms with Gasteiger partial charge < -0.3 is 10.6 Å². The molecule has 1 aliphatic carbocycles. The summed E-state index contributed by atoms with van der Waals surface area (Å²) in [7, 11) is -0.542. The van der Waals surface area contributed by atoms with Gasteiger partial charge in [-0.25, -0.2) is 21.9 Å². The molecule has 2 aromatic carbocycles. The van der Waals surface area contributed by atoms with Gasteiger partial charge in [-0.3, -0.25) is 0 Å². The normalized spacial score (nSPS) is 14.2. The van der Waals surface area contributed by atoms with Gasteiger partial charge in [0, 0.05) is 26.3 Å². The van der Waals surface area contributed by atoms with Crippen molar-refractivity contribution in [3.8, 4) is 0 Å². The highest BCUT2D eigenvalue weighted by Gasteiger charge is 2.26. The number of urea groups is 1. The Bertz CT molecular complexity index is 939. The summed E-state index contributed by atoms with van der Waals surface area (Å²) in [6, 6.07) is 10.5. The SMILES string of the molecule is CN(C)S(=O)(=O)c1ccc(CNC(=O)Nc2ccc(C3CC3)c(F)c2)cc1. The number of sulfonamides is 1. The maximum absolute atomic E-state index is 14.0. The average molecular weight is 391 g/mol. The number of carbonyl (C=O) groups is 1. The van der Waals surface area contributed by atoms with E-state index in [1.54, 1.807) is 24.3 Å². The Balaban J connectivity index is 1.55. The number of amides is 2. The molecule has 8 heteroatoms. The first-order valence-electron chi connectivity index (χ1n) is 8.63. The fourth-order valence-corrected chi connectivity index (χ4v) is 3.58. The summed E-state index contributed by atoms with van der Waals surface area (Å²) in [6.07, 6.45) is 2.03. The van der Waals surface area contributed by atoms with Gasteiger partial charge in [0.2, 0.25) is 10.0 Å². The Morgan fingerprint density at radius 3 is 2.37 bits per heavy atom. The minimum Gasteiger partial charge on any atom is -0.334 e. The molecule has 6 nitrogen and oxygen atoms in total. The Hall–Kier alpha value is -2.45. The summed E-state index contributed by atoms with van der Waals surface area (Å²) < 4.78 is 39.2. The van der Waals surface area contributed by atoms with Gasteiger partial charge in [-0.05, 0) is 54.2 Å². The molecule has 0 heterocycles. The van der Waals surface area contributed by atoms with Crippen molar-refractivity contribution in [2.45, 2.75) is 30.2 Å². The van der Waals surface area contributed by atoms with Crippen LogP contribution in [0.15, 0.2) is 47.4 Å². The molecule has 0 aliphatic heterocycles. The second-order valence-corrected chi connectivity index (χ2v) is 8.90. The van der Waals surface area contributed by atoms with Gasteiger partial charge >= 0.3 is 6.03 Å². The standard InChI is InChI=1S/C19H22FN3O3S/c1-23(2)27(25,26)16-8-3-13(4-9-16)12-21-19(24)22-15-7-10-17(14-5-6-14)18(20)11-15/h3-4,7-11,14H,5-6,12H2,1-2H3,(H2,21,22,24). The summed E-state index contributed by atoms with van der Waals surface area (Å²) in [6.45, 7) is 0.219. The smallest absolute Gasteiger partial charge is 0.319 e. The van der Waals surface area contributed by atoms with E-state index >= 15 is 0 Å². The van der Waals surface area contributed by atoms with Crippen LogP contribution in [0, 0.1) is 5.82 Å². The molecule has 0 spiro atoms. The van der Waals surface area contributed by atoms with E-state index in [-0.39, 0.29) is 17.3 Å². The van der Waals surface area contributed by atoms with Crippen molar-refractivity contribution in [3.05, 3.63) is 59.4 Å². The van der Waals surface area contributed by atoms with E-state index in [0.29, 0.717) is 17.2 Å². The first-order chi connectivity index (χ1) is 12.8. The summed E-state index contributed by atoms with van der Waals surface area (Å²) in [5, 5.41) is 5.26. The van der Waals surface area contributed by atoms with Crippen LogP contribution in [0.1, 0.15) is 29.9 Å². The number of halogens is 1. The Morgan fingerprint density at radius 1 is 1.15 bits per heavy atom. The Kier molecular flexibility index (Phi) is 5.48. The molecule has 27 heavy (non-hydrogen) atoms. The molecule has 0 bridgehead atoms. The fourth-order valence-electron chi connectivity index (χ4n) is 2.68. The number of anilines is 1. The van der Waals surface area contributed by atoms with Crippen LogP contribution in [0.25, 0.3) is 0 Å². The molecule has 0 unspecified atom stereocenters. The van der Waals surface area contributed by atoms with Crippen LogP contribution in [-0.2, 0) is 16.6 Å². The number of rotatable bonds is 6. The van der Waals surface area contributed by atoms with Crippen molar-refractivity contribution >= 4 is 21.7 Å². The maximum atomic E-state index is 14.0. The van der Waals surface area contributed by atoms with Crippen molar-refractivity contribution in [2.24, 2.45) is 0 Å². The highest BCUT2D eigenvalue weighted by molar-refractivity contribution is 7.89. The minimum atomic E-state index is -3.48. The van der Waals surface area contributed by atoms with Crippen molar-refractivity contribution in [2.75, 3.05) is 19.4 Å². The zero-order valence-corrected chi connectivity index (χ0v) is 16.0. The van der Waals surface area contributed by atoms with Gasteiger partial charge in [0.15, 0.2) is 0 Å². The van der Waals surface area contributed by atoms with E-state index in [1.807, 2.05) is 0 Å². The van der Waals surface area contributed by atoms with Gasteiger partial charge in [0.1, 0.15) is 5.82 Å². The highest BCUT2D eigenvalue weighted by atomic mass is 32.2. The van der Waals surface area contributed by atoms with Crippen molar-refractivity contribution in [1.82, 2.24) is 9.62 Å². The molecule has 1 saturated carbocycles. The van der Waals surface area contributed by atoms with Crippen molar-refractivity contribution < 1.29 is 17.6 Å². The number of nitrogens with one attached hydrogen (secondary N) is 2. The Morgan fingerprint density at radius 2 is 1.81 bits per heavy atom. The lowest BCUT2D eigenvalue weighted by Gasteiger charge is -2.12. The molecule has 144 valence electrons. The second kappa shape index (κ2) is 7.66. The lowest BCUT2D eigenvalue weighted by Crippen LogP contribution is -2.28. The zero-order chi connectivity index (χ0) is 19.6. The first-order valence-corrected chi connectivity index (χ1v) is 10.1. The number of hydrogen-bond acceptors (Lipinski definition) is 3. The largest absolute Gasteiger partial charge is 0.334 e. The molecular formula is C19H22FN3O3S. The lowest BCUT2D eigenvalue weighted by atomic mass is 10.1. The predicted octanol–water partition coefficient (Wildman–Crippen LogP) is 3.28. The number of nitrogens with zero attached hydrogens (tertiary/aromatic N) is 1. The predicted molar refractivity (Wildman–Crippen MR) is 102 cm³/mol. The molecule has 1 fully saturated rings. The van der Waals surface area contributed by atoms with Crippen LogP contribution in [-0.4, -0.2) is 32.8 Å². The van der Waals surface area contributed by atoms with Gasteiger partial charge in [-0.1, -0.05) is 18.2 Å². The van der Waals surface area contributed by atoms with E-state index in [9.17, 15) is 17.6 Å². The van der Waals surface area contributed by atoms with E-state index < -0.39 is 16.1 Å². The van der Waals surface area contributed by atoms with E-state index in [2.05, 4.69) is 10.6 Å². The molecule has 0 radical (unpaired) electrons. The van der Waals surface area contributed by atoms with Crippen LogP contribution >= 0.6 is 0 Å². The highest BCUT2D eigenvalue weighted by Crippen LogP contribution is 2.41. The summed E-state index contributed by atoms with van der Waals surface area (Å²) >= 11 is 0. The van der Waals surface area contributed by atoms with Crippen molar-refractivity contribution in [1.29, 1.82) is 0 Å². The van der Waals surface area contributed by atoms with Gasteiger partial charge in [0.05, 0.1) is 4.90 Å². The molecule has 1 aliphatic rings. The third kappa shape index (κ3) is 4.64. The molecule has 2 aromatic rings. The molecule has 0 atom stereocenters. The number of benzene rings is 2. The fraction of sp³-hybridized carbons (Fsp3) is 0.316. The van der Waals surface area contributed by atoms with E-state index in [4.69, 9.17) is 0 Å². The molecule has 2 N–H and O–H groups in total. The second-order valence-electron chi connectivity index (χ2n) is 6.75. The van der Waals surface area contributed by atoms with Crippen molar-refractivity contribution in [3.63, 3.8) is 0 Å². The van der Waals surface area contributed by atoms with Crippen LogP contribution in [0.5, 0.6) is 0 Å².